The summed E-state index contributed by atoms with van der Waals surface area (Å²) in [4.78, 5) is 15.9. The van der Waals surface area contributed by atoms with Gasteiger partial charge in [0.05, 0.1) is 12.9 Å². The molecule has 0 radical (unpaired) electrons. The smallest absolute Gasteiger partial charge is 0.240 e. The summed E-state index contributed by atoms with van der Waals surface area (Å²) < 4.78 is 6.75. The first-order valence-electron chi connectivity index (χ1n) is 6.55. The van der Waals surface area contributed by atoms with Crippen molar-refractivity contribution in [1.82, 2.24) is 14.9 Å². The van der Waals surface area contributed by atoms with E-state index < -0.39 is 0 Å². The summed E-state index contributed by atoms with van der Waals surface area (Å²) in [7, 11) is 1.61. The van der Waals surface area contributed by atoms with Crippen molar-refractivity contribution in [3.8, 4) is 0 Å². The van der Waals surface area contributed by atoms with Crippen LogP contribution in [-0.2, 0) is 16.1 Å². The Morgan fingerprint density at radius 3 is 2.89 bits per heavy atom. The number of methoxy groups -OCH3 is 1. The number of hydrogen-bond acceptors (Lipinski definition) is 4. The molecule has 0 aliphatic rings. The highest BCUT2D eigenvalue weighted by atomic mass is 16.5. The highest BCUT2D eigenvalue weighted by Gasteiger charge is 2.19. The summed E-state index contributed by atoms with van der Waals surface area (Å²) in [5.41, 5.74) is 6.82. The van der Waals surface area contributed by atoms with Crippen molar-refractivity contribution in [2.75, 3.05) is 26.8 Å². The van der Waals surface area contributed by atoms with Crippen LogP contribution >= 0.6 is 0 Å². The fourth-order valence-electron chi connectivity index (χ4n) is 2.01. The van der Waals surface area contributed by atoms with E-state index in [1.807, 2.05) is 4.57 Å². The van der Waals surface area contributed by atoms with Gasteiger partial charge in [0.15, 0.2) is 0 Å². The van der Waals surface area contributed by atoms with Crippen LogP contribution in [0.3, 0.4) is 0 Å². The normalized spacial score (nSPS) is 12.7. The maximum absolute atomic E-state index is 11.8. The Hall–Kier alpha value is -1.40. The van der Waals surface area contributed by atoms with Crippen LogP contribution in [0.4, 0.5) is 0 Å². The molecule has 1 aromatic rings. The number of aromatic nitrogens is 2. The highest BCUT2D eigenvalue weighted by molar-refractivity contribution is 5.75. The lowest BCUT2D eigenvalue weighted by atomic mass is 9.93. The van der Waals surface area contributed by atoms with Crippen molar-refractivity contribution in [2.24, 2.45) is 11.7 Å². The molecule has 0 spiro atoms. The lowest BCUT2D eigenvalue weighted by molar-refractivity contribution is -0.121. The number of nitrogens with two attached hydrogens (primary N) is 1. The van der Waals surface area contributed by atoms with Crippen LogP contribution in [0.2, 0.25) is 0 Å². The predicted octanol–water partition coefficient (Wildman–Crippen LogP) is 0.344. The fraction of sp³-hybridized carbons (Fsp3) is 0.692. The number of amides is 1. The molecule has 1 atom stereocenters. The number of imidazole rings is 1. The number of nitrogens with zero attached hydrogens (tertiary/aromatic N) is 2. The van der Waals surface area contributed by atoms with Gasteiger partial charge in [0.2, 0.25) is 5.91 Å². The molecule has 3 N–H and O–H groups in total. The van der Waals surface area contributed by atoms with E-state index in [4.69, 9.17) is 10.5 Å². The van der Waals surface area contributed by atoms with Crippen LogP contribution in [0.1, 0.15) is 25.5 Å². The van der Waals surface area contributed by atoms with Crippen molar-refractivity contribution >= 4 is 5.91 Å². The monoisotopic (exact) mass is 268 g/mol. The molecular weight excluding hydrogens is 244 g/mol. The molecule has 6 nitrogen and oxygen atoms in total. The quantitative estimate of drug-likeness (QED) is 0.666. The Bertz CT molecular complexity index is 390. The first-order chi connectivity index (χ1) is 9.10. The first-order valence-corrected chi connectivity index (χ1v) is 6.55. The van der Waals surface area contributed by atoms with Gasteiger partial charge in [-0.05, 0) is 5.92 Å². The minimum Gasteiger partial charge on any atom is -0.383 e. The number of carbonyl (C=O) groups is 1. The standard InChI is InChI=1S/C13H24N4O2/c1-10(2)11(6-14)12-7-15-9-17(12)8-13(18)16-4-5-19-3/h7,9-11H,4-6,8,14H2,1-3H3,(H,16,18). The van der Waals surface area contributed by atoms with Crippen molar-refractivity contribution in [3.63, 3.8) is 0 Å². The molecule has 1 amide bonds. The van der Waals surface area contributed by atoms with Crippen LogP contribution in [0, 0.1) is 5.92 Å². The molecule has 0 aromatic carbocycles. The van der Waals surface area contributed by atoms with E-state index in [9.17, 15) is 4.79 Å². The third-order valence-electron chi connectivity index (χ3n) is 3.13. The number of rotatable bonds is 8. The molecule has 108 valence electrons. The number of nitrogens with one attached hydrogen (secondary N) is 1. The van der Waals surface area contributed by atoms with Gasteiger partial charge in [-0.2, -0.15) is 0 Å². The van der Waals surface area contributed by atoms with Crippen molar-refractivity contribution < 1.29 is 9.53 Å². The molecule has 0 aliphatic heterocycles. The second kappa shape index (κ2) is 7.91. The Morgan fingerprint density at radius 1 is 1.58 bits per heavy atom. The third kappa shape index (κ3) is 4.65. The van der Waals surface area contributed by atoms with Crippen molar-refractivity contribution in [3.05, 3.63) is 18.2 Å². The SMILES string of the molecule is COCCNC(=O)Cn1cncc1C(CN)C(C)C. The molecule has 1 rings (SSSR count). The van der Waals surface area contributed by atoms with Crippen LogP contribution in [0.15, 0.2) is 12.5 Å². The predicted molar refractivity (Wildman–Crippen MR) is 73.7 cm³/mol. The summed E-state index contributed by atoms with van der Waals surface area (Å²) >= 11 is 0. The average Bonchev–Trinajstić information content (AvgIpc) is 2.78. The van der Waals surface area contributed by atoms with E-state index in [0.29, 0.717) is 25.6 Å². The molecule has 0 saturated carbocycles. The van der Waals surface area contributed by atoms with E-state index in [1.165, 1.54) is 0 Å². The van der Waals surface area contributed by atoms with E-state index in [1.54, 1.807) is 19.6 Å². The Labute approximate surface area is 114 Å². The zero-order chi connectivity index (χ0) is 14.3. The van der Waals surface area contributed by atoms with Crippen molar-refractivity contribution in [2.45, 2.75) is 26.3 Å². The maximum atomic E-state index is 11.8. The zero-order valence-corrected chi connectivity index (χ0v) is 11.9. The molecule has 1 unspecified atom stereocenters. The number of carbonyl (C=O) groups excluding carboxylic acids is 1. The minimum absolute atomic E-state index is 0.0455. The molecular formula is C13H24N4O2. The molecule has 1 aromatic heterocycles. The van der Waals surface area contributed by atoms with Gasteiger partial charge in [-0.1, -0.05) is 13.8 Å². The van der Waals surface area contributed by atoms with E-state index in [-0.39, 0.29) is 18.4 Å². The highest BCUT2D eigenvalue weighted by Crippen LogP contribution is 2.22. The first kappa shape index (κ1) is 15.7. The second-order valence-corrected chi connectivity index (χ2v) is 4.88. The van der Waals surface area contributed by atoms with E-state index in [0.717, 1.165) is 5.69 Å². The van der Waals surface area contributed by atoms with Crippen molar-refractivity contribution in [1.29, 1.82) is 0 Å². The average molecular weight is 268 g/mol. The molecule has 6 heteroatoms. The molecule has 0 bridgehead atoms. The summed E-state index contributed by atoms with van der Waals surface area (Å²) in [6.45, 7) is 6.09. The van der Waals surface area contributed by atoms with E-state index >= 15 is 0 Å². The molecule has 1 heterocycles. The number of hydrogen-bond donors (Lipinski definition) is 2. The number of ether oxygens (including phenoxy) is 1. The van der Waals surface area contributed by atoms with Gasteiger partial charge in [0.1, 0.15) is 6.54 Å². The summed E-state index contributed by atoms with van der Waals surface area (Å²) in [5, 5.41) is 2.79. The molecule has 0 fully saturated rings. The Kier molecular flexibility index (Phi) is 6.52. The minimum atomic E-state index is -0.0455. The summed E-state index contributed by atoms with van der Waals surface area (Å²) in [6, 6.07) is 0. The van der Waals surface area contributed by atoms with Gasteiger partial charge in [-0.25, -0.2) is 4.98 Å². The van der Waals surface area contributed by atoms with Crippen LogP contribution < -0.4 is 11.1 Å². The van der Waals surface area contributed by atoms with Gasteiger partial charge >= 0.3 is 0 Å². The Balaban J connectivity index is 2.64. The second-order valence-electron chi connectivity index (χ2n) is 4.88. The van der Waals surface area contributed by atoms with Gasteiger partial charge in [0, 0.05) is 38.0 Å². The molecule has 0 aliphatic carbocycles. The summed E-state index contributed by atoms with van der Waals surface area (Å²) in [6.07, 6.45) is 3.47. The van der Waals surface area contributed by atoms with Crippen LogP contribution in [-0.4, -0.2) is 42.3 Å². The maximum Gasteiger partial charge on any atom is 0.240 e. The van der Waals surface area contributed by atoms with Crippen LogP contribution in [0.25, 0.3) is 0 Å². The lowest BCUT2D eigenvalue weighted by Gasteiger charge is -2.20. The van der Waals surface area contributed by atoms with E-state index in [2.05, 4.69) is 24.1 Å². The Morgan fingerprint density at radius 2 is 2.32 bits per heavy atom. The van der Waals surface area contributed by atoms with Gasteiger partial charge in [0.25, 0.3) is 0 Å². The fourth-order valence-corrected chi connectivity index (χ4v) is 2.01. The molecule has 19 heavy (non-hydrogen) atoms. The summed E-state index contributed by atoms with van der Waals surface area (Å²) in [5.74, 6) is 0.585. The zero-order valence-electron chi connectivity index (χ0n) is 11.9. The largest absolute Gasteiger partial charge is 0.383 e. The topological polar surface area (TPSA) is 82.2 Å². The van der Waals surface area contributed by atoms with Crippen LogP contribution in [0.5, 0.6) is 0 Å². The van der Waals surface area contributed by atoms with Gasteiger partial charge in [-0.3, -0.25) is 4.79 Å². The molecule has 0 saturated heterocycles. The van der Waals surface area contributed by atoms with Gasteiger partial charge in [-0.15, -0.1) is 0 Å². The third-order valence-corrected chi connectivity index (χ3v) is 3.13. The lowest BCUT2D eigenvalue weighted by Crippen LogP contribution is -2.31. The van der Waals surface area contributed by atoms with Gasteiger partial charge < -0.3 is 20.4 Å².